The van der Waals surface area contributed by atoms with Crippen LogP contribution in [0, 0.1) is 0 Å². The lowest BCUT2D eigenvalue weighted by Crippen LogP contribution is -2.30. The number of para-hydroxylation sites is 2. The minimum absolute atomic E-state index is 0.114. The Hall–Kier alpha value is -3.52. The van der Waals surface area contributed by atoms with Gasteiger partial charge in [-0.05, 0) is 31.2 Å². The van der Waals surface area contributed by atoms with Gasteiger partial charge in [-0.3, -0.25) is 9.36 Å². The number of carbonyl (C=O) groups is 1. The quantitative estimate of drug-likeness (QED) is 0.416. The number of amides is 1. The summed E-state index contributed by atoms with van der Waals surface area (Å²) in [6, 6.07) is 21.1. The van der Waals surface area contributed by atoms with Crippen LogP contribution in [0.2, 0.25) is 0 Å². The Balaban J connectivity index is 1.64. The predicted molar refractivity (Wildman–Crippen MR) is 119 cm³/mol. The maximum atomic E-state index is 12.6. The van der Waals surface area contributed by atoms with Gasteiger partial charge in [0.15, 0.2) is 11.0 Å². The molecule has 0 bridgehead atoms. The number of furan rings is 1. The third kappa shape index (κ3) is 4.64. The summed E-state index contributed by atoms with van der Waals surface area (Å²) in [5, 5.41) is 11.9. The first kappa shape index (κ1) is 20.7. The topological polar surface area (TPSA) is 82.2 Å². The van der Waals surface area contributed by atoms with Crippen LogP contribution in [0.3, 0.4) is 0 Å². The summed E-state index contributed by atoms with van der Waals surface area (Å²) in [6.07, 6.45) is 1.58. The molecule has 1 amide bonds. The van der Waals surface area contributed by atoms with Gasteiger partial charge in [-0.25, -0.2) is 0 Å². The molecular formula is C23H22N4O3S. The fourth-order valence-corrected chi connectivity index (χ4v) is 3.98. The molecule has 1 atom stereocenters. The van der Waals surface area contributed by atoms with Crippen molar-refractivity contribution in [1.82, 2.24) is 20.1 Å². The molecule has 31 heavy (non-hydrogen) atoms. The minimum Gasteiger partial charge on any atom is -0.495 e. The minimum atomic E-state index is -0.392. The zero-order valence-electron chi connectivity index (χ0n) is 17.2. The molecule has 4 rings (SSSR count). The average molecular weight is 435 g/mol. The van der Waals surface area contributed by atoms with Crippen molar-refractivity contribution < 1.29 is 13.9 Å². The fraction of sp³-hybridized carbons (Fsp3) is 0.174. The second-order valence-electron chi connectivity index (χ2n) is 6.74. The highest BCUT2D eigenvalue weighted by atomic mass is 32.2. The van der Waals surface area contributed by atoms with E-state index in [1.807, 2.05) is 72.2 Å². The zero-order chi connectivity index (χ0) is 21.6. The van der Waals surface area contributed by atoms with Crippen LogP contribution in [0.5, 0.6) is 5.75 Å². The molecule has 0 aliphatic rings. The van der Waals surface area contributed by atoms with Crippen LogP contribution < -0.4 is 10.1 Å². The lowest BCUT2D eigenvalue weighted by Gasteiger charge is -2.15. The van der Waals surface area contributed by atoms with Crippen LogP contribution >= 0.6 is 11.8 Å². The van der Waals surface area contributed by atoms with Gasteiger partial charge >= 0.3 is 0 Å². The number of carbonyl (C=O) groups excluding carboxylic acids is 1. The Bertz CT molecular complexity index is 1140. The Morgan fingerprint density at radius 1 is 1.10 bits per heavy atom. The van der Waals surface area contributed by atoms with Gasteiger partial charge in [0.2, 0.25) is 5.91 Å². The van der Waals surface area contributed by atoms with Crippen LogP contribution in [-0.2, 0) is 11.3 Å². The number of ether oxygens (including phenoxy) is 1. The van der Waals surface area contributed by atoms with Gasteiger partial charge in [-0.15, -0.1) is 10.2 Å². The van der Waals surface area contributed by atoms with Crippen molar-refractivity contribution in [3.8, 4) is 22.8 Å². The summed E-state index contributed by atoms with van der Waals surface area (Å²) in [4.78, 5) is 12.6. The molecule has 2 aromatic heterocycles. The van der Waals surface area contributed by atoms with E-state index in [0.29, 0.717) is 29.0 Å². The number of methoxy groups -OCH3 is 1. The van der Waals surface area contributed by atoms with E-state index in [1.165, 1.54) is 11.8 Å². The van der Waals surface area contributed by atoms with E-state index < -0.39 is 5.25 Å². The molecule has 1 unspecified atom stereocenters. The molecule has 7 nitrogen and oxygen atoms in total. The van der Waals surface area contributed by atoms with Crippen LogP contribution in [0.4, 0.5) is 0 Å². The molecule has 2 aromatic carbocycles. The predicted octanol–water partition coefficient (Wildman–Crippen LogP) is 4.33. The number of nitrogens with one attached hydrogen (secondary N) is 1. The standard InChI is InChI=1S/C23H22N4O3S/c1-16(22(28)24-15-18-11-8-14-30-18)31-23-26-25-21(17-9-4-3-5-10-17)27(23)19-12-6-7-13-20(19)29-2/h3-14,16H,15H2,1-2H3,(H,24,28). The lowest BCUT2D eigenvalue weighted by atomic mass is 10.2. The fourth-order valence-electron chi connectivity index (χ4n) is 3.09. The maximum Gasteiger partial charge on any atom is 0.233 e. The summed E-state index contributed by atoms with van der Waals surface area (Å²) in [5.74, 6) is 1.96. The van der Waals surface area contributed by atoms with Crippen molar-refractivity contribution in [2.24, 2.45) is 0 Å². The average Bonchev–Trinajstić information content (AvgIpc) is 3.48. The second-order valence-corrected chi connectivity index (χ2v) is 8.04. The van der Waals surface area contributed by atoms with Crippen LogP contribution in [0.15, 0.2) is 82.6 Å². The number of aromatic nitrogens is 3. The normalized spacial score (nSPS) is 11.8. The van der Waals surface area contributed by atoms with Gasteiger partial charge < -0.3 is 14.5 Å². The summed E-state index contributed by atoms with van der Waals surface area (Å²) in [7, 11) is 1.63. The number of rotatable bonds is 8. The maximum absolute atomic E-state index is 12.6. The van der Waals surface area contributed by atoms with Crippen molar-refractivity contribution in [3.05, 3.63) is 78.8 Å². The number of thioether (sulfide) groups is 1. The molecule has 4 aromatic rings. The first-order chi connectivity index (χ1) is 15.2. The molecule has 0 saturated heterocycles. The Morgan fingerprint density at radius 2 is 1.87 bits per heavy atom. The van der Waals surface area contributed by atoms with E-state index >= 15 is 0 Å². The number of nitrogens with zero attached hydrogens (tertiary/aromatic N) is 3. The van der Waals surface area contributed by atoms with Crippen molar-refractivity contribution in [2.75, 3.05) is 7.11 Å². The van der Waals surface area contributed by atoms with E-state index in [4.69, 9.17) is 9.15 Å². The van der Waals surface area contributed by atoms with E-state index in [9.17, 15) is 4.79 Å². The smallest absolute Gasteiger partial charge is 0.233 e. The molecule has 0 aliphatic heterocycles. The van der Waals surface area contributed by atoms with Gasteiger partial charge in [0, 0.05) is 5.56 Å². The highest BCUT2D eigenvalue weighted by Gasteiger charge is 2.23. The molecule has 0 radical (unpaired) electrons. The van der Waals surface area contributed by atoms with Crippen molar-refractivity contribution in [1.29, 1.82) is 0 Å². The summed E-state index contributed by atoms with van der Waals surface area (Å²) in [5.41, 5.74) is 1.72. The SMILES string of the molecule is COc1ccccc1-n1c(SC(C)C(=O)NCc2ccco2)nnc1-c1ccccc1. The van der Waals surface area contributed by atoms with E-state index in [-0.39, 0.29) is 5.91 Å². The summed E-state index contributed by atoms with van der Waals surface area (Å²) >= 11 is 1.34. The second kappa shape index (κ2) is 9.53. The monoisotopic (exact) mass is 434 g/mol. The highest BCUT2D eigenvalue weighted by molar-refractivity contribution is 8.00. The Morgan fingerprint density at radius 3 is 2.61 bits per heavy atom. The number of hydrogen-bond donors (Lipinski definition) is 1. The van der Waals surface area contributed by atoms with Crippen molar-refractivity contribution >= 4 is 17.7 Å². The molecule has 2 heterocycles. The Kier molecular flexibility index (Phi) is 6.37. The molecule has 158 valence electrons. The van der Waals surface area contributed by atoms with Gasteiger partial charge in [0.1, 0.15) is 11.5 Å². The van der Waals surface area contributed by atoms with Crippen LogP contribution in [0.1, 0.15) is 12.7 Å². The first-order valence-electron chi connectivity index (χ1n) is 9.78. The van der Waals surface area contributed by atoms with E-state index in [0.717, 1.165) is 11.3 Å². The van der Waals surface area contributed by atoms with Gasteiger partial charge in [-0.2, -0.15) is 0 Å². The van der Waals surface area contributed by atoms with Crippen LogP contribution in [0.25, 0.3) is 17.1 Å². The molecule has 0 saturated carbocycles. The zero-order valence-corrected chi connectivity index (χ0v) is 18.0. The molecule has 8 heteroatoms. The third-order valence-corrected chi connectivity index (χ3v) is 5.70. The summed E-state index contributed by atoms with van der Waals surface area (Å²) < 4.78 is 12.8. The Labute approximate surface area is 184 Å². The van der Waals surface area contributed by atoms with Gasteiger partial charge in [0.25, 0.3) is 0 Å². The third-order valence-electron chi connectivity index (χ3n) is 4.66. The summed E-state index contributed by atoms with van der Waals surface area (Å²) in [6.45, 7) is 2.18. The van der Waals surface area contributed by atoms with Crippen LogP contribution in [-0.4, -0.2) is 33.0 Å². The molecular weight excluding hydrogens is 412 g/mol. The number of hydrogen-bond acceptors (Lipinski definition) is 6. The molecule has 0 fully saturated rings. The first-order valence-corrected chi connectivity index (χ1v) is 10.7. The van der Waals surface area contributed by atoms with Gasteiger partial charge in [-0.1, -0.05) is 54.2 Å². The van der Waals surface area contributed by atoms with Crippen molar-refractivity contribution in [2.45, 2.75) is 23.9 Å². The molecule has 0 aliphatic carbocycles. The number of benzene rings is 2. The van der Waals surface area contributed by atoms with Crippen molar-refractivity contribution in [3.63, 3.8) is 0 Å². The van der Waals surface area contributed by atoms with Gasteiger partial charge in [0.05, 0.1) is 30.9 Å². The lowest BCUT2D eigenvalue weighted by molar-refractivity contribution is -0.120. The van der Waals surface area contributed by atoms with E-state index in [2.05, 4.69) is 15.5 Å². The highest BCUT2D eigenvalue weighted by Crippen LogP contribution is 2.33. The van der Waals surface area contributed by atoms with E-state index in [1.54, 1.807) is 19.4 Å². The molecule has 1 N–H and O–H groups in total. The molecule has 0 spiro atoms. The largest absolute Gasteiger partial charge is 0.495 e.